The topological polar surface area (TPSA) is 118 Å². The molecule has 0 saturated heterocycles. The van der Waals surface area contributed by atoms with Gasteiger partial charge in [0.15, 0.2) is 5.84 Å². The normalized spacial score (nSPS) is 11.4. The van der Waals surface area contributed by atoms with Crippen LogP contribution in [0, 0.1) is 6.92 Å². The zero-order valence-corrected chi connectivity index (χ0v) is 11.0. The highest BCUT2D eigenvalue weighted by Crippen LogP contribution is 2.12. The van der Waals surface area contributed by atoms with Gasteiger partial charge < -0.3 is 16.3 Å². The van der Waals surface area contributed by atoms with Crippen LogP contribution in [0.2, 0.25) is 0 Å². The number of amides is 1. The Bertz CT molecular complexity index is 659. The summed E-state index contributed by atoms with van der Waals surface area (Å²) in [6, 6.07) is 3.04. The lowest BCUT2D eigenvalue weighted by Gasteiger charge is -2.03. The molecule has 0 aliphatic rings. The summed E-state index contributed by atoms with van der Waals surface area (Å²) in [6.07, 6.45) is 3.07. The molecule has 0 atom stereocenters. The number of hydrogen-bond acceptors (Lipinski definition) is 5. The number of nitrogens with two attached hydrogens (primary N) is 1. The number of hydrogen-bond donors (Lipinski definition) is 3. The molecule has 4 N–H and O–H groups in total. The quantitative estimate of drug-likeness (QED) is 0.325. The Kier molecular flexibility index (Phi) is 3.65. The molecule has 0 aliphatic carbocycles. The molecule has 2 aromatic rings. The molecule has 0 saturated carbocycles. The van der Waals surface area contributed by atoms with Gasteiger partial charge in [0.2, 0.25) is 0 Å². The highest BCUT2D eigenvalue weighted by molar-refractivity contribution is 6.04. The Labute approximate surface area is 114 Å². The van der Waals surface area contributed by atoms with Crippen molar-refractivity contribution in [3.63, 3.8) is 0 Å². The van der Waals surface area contributed by atoms with Gasteiger partial charge in [-0.15, -0.1) is 0 Å². The Morgan fingerprint density at radius 1 is 1.50 bits per heavy atom. The number of amidine groups is 1. The van der Waals surface area contributed by atoms with Gasteiger partial charge in [0.1, 0.15) is 5.69 Å². The summed E-state index contributed by atoms with van der Waals surface area (Å²) in [5.41, 5.74) is 7.41. The van der Waals surface area contributed by atoms with E-state index in [4.69, 9.17) is 10.9 Å². The van der Waals surface area contributed by atoms with Gasteiger partial charge in [0.25, 0.3) is 5.91 Å². The fourth-order valence-corrected chi connectivity index (χ4v) is 1.65. The fraction of sp³-hybridized carbons (Fsp3) is 0.167. The molecule has 0 aromatic carbocycles. The van der Waals surface area contributed by atoms with Crippen LogP contribution in [0.4, 0.5) is 5.69 Å². The van der Waals surface area contributed by atoms with Gasteiger partial charge in [-0.25, -0.2) is 0 Å². The third-order valence-electron chi connectivity index (χ3n) is 2.66. The molecule has 2 aromatic heterocycles. The first-order valence-corrected chi connectivity index (χ1v) is 5.77. The number of anilines is 1. The second kappa shape index (κ2) is 5.39. The highest BCUT2D eigenvalue weighted by atomic mass is 16.4. The minimum atomic E-state index is -0.354. The van der Waals surface area contributed by atoms with Gasteiger partial charge in [-0.2, -0.15) is 5.10 Å². The maximum absolute atomic E-state index is 12.0. The first-order valence-electron chi connectivity index (χ1n) is 5.77. The molecule has 1 amide bonds. The van der Waals surface area contributed by atoms with E-state index < -0.39 is 0 Å². The zero-order chi connectivity index (χ0) is 14.7. The van der Waals surface area contributed by atoms with Crippen LogP contribution in [0.5, 0.6) is 0 Å². The SMILES string of the molecule is Cc1nn(C)cc1NC(=O)c1ccc(/C(N)=N/O)cn1. The van der Waals surface area contributed by atoms with Crippen LogP contribution in [0.15, 0.2) is 29.7 Å². The number of carbonyl (C=O) groups is 1. The third-order valence-corrected chi connectivity index (χ3v) is 2.66. The molecule has 0 radical (unpaired) electrons. The molecule has 0 spiro atoms. The molecule has 8 nitrogen and oxygen atoms in total. The Balaban J connectivity index is 2.15. The molecular weight excluding hydrogens is 260 g/mol. The van der Waals surface area contributed by atoms with E-state index in [1.54, 1.807) is 30.9 Å². The summed E-state index contributed by atoms with van der Waals surface area (Å²) < 4.78 is 1.61. The largest absolute Gasteiger partial charge is 0.409 e. The molecule has 0 unspecified atom stereocenters. The lowest BCUT2D eigenvalue weighted by molar-refractivity contribution is 0.102. The molecule has 104 valence electrons. The molecule has 2 heterocycles. The van der Waals surface area contributed by atoms with Gasteiger partial charge >= 0.3 is 0 Å². The van der Waals surface area contributed by atoms with Crippen LogP contribution in [-0.4, -0.2) is 31.7 Å². The Hall–Kier alpha value is -2.90. The van der Waals surface area contributed by atoms with Crippen molar-refractivity contribution >= 4 is 17.4 Å². The molecule has 0 bridgehead atoms. The van der Waals surface area contributed by atoms with E-state index in [1.165, 1.54) is 12.3 Å². The maximum Gasteiger partial charge on any atom is 0.274 e. The van der Waals surface area contributed by atoms with Crippen LogP contribution in [0.1, 0.15) is 21.7 Å². The number of oxime groups is 1. The standard InChI is InChI=1S/C12H14N6O2/c1-7-10(6-18(2)16-7)15-12(19)9-4-3-8(5-14-9)11(13)17-20/h3-6,20H,1-2H3,(H2,13,17)(H,15,19). The van der Waals surface area contributed by atoms with Crippen LogP contribution < -0.4 is 11.1 Å². The predicted octanol–water partition coefficient (Wildman–Crippen LogP) is 0.470. The second-order valence-corrected chi connectivity index (χ2v) is 4.17. The number of aryl methyl sites for hydroxylation is 2. The van der Waals surface area contributed by atoms with Crippen LogP contribution >= 0.6 is 0 Å². The van der Waals surface area contributed by atoms with Gasteiger partial charge in [-0.05, 0) is 19.1 Å². The third kappa shape index (κ3) is 2.74. The monoisotopic (exact) mass is 274 g/mol. The minimum absolute atomic E-state index is 0.0624. The molecule has 2 rings (SSSR count). The van der Waals surface area contributed by atoms with Crippen molar-refractivity contribution in [3.05, 3.63) is 41.5 Å². The first-order chi connectivity index (χ1) is 9.51. The number of nitrogens with zero attached hydrogens (tertiary/aromatic N) is 4. The minimum Gasteiger partial charge on any atom is -0.409 e. The summed E-state index contributed by atoms with van der Waals surface area (Å²) in [5.74, 6) is -0.417. The Morgan fingerprint density at radius 3 is 2.75 bits per heavy atom. The summed E-state index contributed by atoms with van der Waals surface area (Å²) in [6.45, 7) is 1.80. The van der Waals surface area contributed by atoms with Crippen molar-refractivity contribution in [1.82, 2.24) is 14.8 Å². The zero-order valence-electron chi connectivity index (χ0n) is 11.0. The first kappa shape index (κ1) is 13.5. The maximum atomic E-state index is 12.0. The smallest absolute Gasteiger partial charge is 0.274 e. The number of nitrogens with one attached hydrogen (secondary N) is 1. The average molecular weight is 274 g/mol. The summed E-state index contributed by atoms with van der Waals surface area (Å²) in [4.78, 5) is 16.0. The summed E-state index contributed by atoms with van der Waals surface area (Å²) >= 11 is 0. The van der Waals surface area contributed by atoms with E-state index in [9.17, 15) is 4.79 Å². The van der Waals surface area contributed by atoms with E-state index >= 15 is 0 Å². The predicted molar refractivity (Wildman–Crippen MR) is 72.6 cm³/mol. The van der Waals surface area contributed by atoms with Crippen LogP contribution in [0.25, 0.3) is 0 Å². The molecule has 0 aliphatic heterocycles. The summed E-state index contributed by atoms with van der Waals surface area (Å²) in [5, 5.41) is 18.2. The Morgan fingerprint density at radius 2 is 2.25 bits per heavy atom. The van der Waals surface area contributed by atoms with Crippen LogP contribution in [0.3, 0.4) is 0 Å². The molecule has 8 heteroatoms. The van der Waals surface area contributed by atoms with Crippen molar-refractivity contribution in [1.29, 1.82) is 0 Å². The van der Waals surface area contributed by atoms with E-state index in [0.717, 1.165) is 0 Å². The highest BCUT2D eigenvalue weighted by Gasteiger charge is 2.11. The van der Waals surface area contributed by atoms with E-state index in [-0.39, 0.29) is 17.4 Å². The van der Waals surface area contributed by atoms with Crippen molar-refractivity contribution in [2.45, 2.75) is 6.92 Å². The van der Waals surface area contributed by atoms with Gasteiger partial charge in [-0.1, -0.05) is 5.16 Å². The van der Waals surface area contributed by atoms with Gasteiger partial charge in [-0.3, -0.25) is 14.5 Å². The lowest BCUT2D eigenvalue weighted by atomic mass is 10.2. The van der Waals surface area contributed by atoms with E-state index in [1.807, 2.05) is 0 Å². The molecule has 20 heavy (non-hydrogen) atoms. The second-order valence-electron chi connectivity index (χ2n) is 4.17. The number of aromatic nitrogens is 3. The van der Waals surface area contributed by atoms with Crippen LogP contribution in [-0.2, 0) is 7.05 Å². The number of rotatable bonds is 3. The van der Waals surface area contributed by atoms with Crippen molar-refractivity contribution in [2.75, 3.05) is 5.32 Å². The van der Waals surface area contributed by atoms with Gasteiger partial charge in [0, 0.05) is 25.0 Å². The fourth-order valence-electron chi connectivity index (χ4n) is 1.65. The molecular formula is C12H14N6O2. The van der Waals surface area contributed by atoms with E-state index in [0.29, 0.717) is 16.9 Å². The number of carbonyl (C=O) groups excluding carboxylic acids is 1. The summed E-state index contributed by atoms with van der Waals surface area (Å²) in [7, 11) is 1.77. The van der Waals surface area contributed by atoms with Gasteiger partial charge in [0.05, 0.1) is 11.4 Å². The van der Waals surface area contributed by atoms with E-state index in [2.05, 4.69) is 20.6 Å². The number of pyridine rings is 1. The lowest BCUT2D eigenvalue weighted by Crippen LogP contribution is -2.16. The van der Waals surface area contributed by atoms with Crippen molar-refractivity contribution < 1.29 is 10.0 Å². The average Bonchev–Trinajstić information content (AvgIpc) is 2.76. The van der Waals surface area contributed by atoms with Crippen molar-refractivity contribution in [2.24, 2.45) is 17.9 Å². The molecule has 0 fully saturated rings. The van der Waals surface area contributed by atoms with Crippen molar-refractivity contribution in [3.8, 4) is 0 Å².